The molecule has 1 atom stereocenters. The van der Waals surface area contributed by atoms with Gasteiger partial charge >= 0.3 is 6.18 Å². The van der Waals surface area contributed by atoms with Gasteiger partial charge in [-0.25, -0.2) is 0 Å². The first kappa shape index (κ1) is 16.0. The molecular weight excluding hydrogens is 255 g/mol. The van der Waals surface area contributed by atoms with Crippen LogP contribution in [0.3, 0.4) is 0 Å². The highest BCUT2D eigenvalue weighted by Crippen LogP contribution is 2.29. The molecule has 0 bridgehead atoms. The van der Waals surface area contributed by atoms with Crippen molar-refractivity contribution in [2.75, 3.05) is 19.8 Å². The van der Waals surface area contributed by atoms with E-state index >= 15 is 0 Å². The van der Waals surface area contributed by atoms with Crippen LogP contribution in [0.1, 0.15) is 37.4 Å². The second kappa shape index (κ2) is 7.50. The molecule has 19 heavy (non-hydrogen) atoms. The van der Waals surface area contributed by atoms with Crippen molar-refractivity contribution in [3.8, 4) is 0 Å². The lowest BCUT2D eigenvalue weighted by atomic mass is 10.1. The average Bonchev–Trinajstić information content (AvgIpc) is 2.37. The molecule has 0 aromatic heterocycles. The highest BCUT2D eigenvalue weighted by atomic mass is 19.4. The average molecular weight is 275 g/mol. The SMILES string of the molecule is CCOCCCNC(C)c1ccc(C(F)(F)F)cc1. The highest BCUT2D eigenvalue weighted by Gasteiger charge is 2.30. The van der Waals surface area contributed by atoms with Gasteiger partial charge in [-0.15, -0.1) is 0 Å². The van der Waals surface area contributed by atoms with Gasteiger partial charge in [0.25, 0.3) is 0 Å². The summed E-state index contributed by atoms with van der Waals surface area (Å²) in [4.78, 5) is 0. The van der Waals surface area contributed by atoms with E-state index in [2.05, 4.69) is 5.32 Å². The van der Waals surface area contributed by atoms with Crippen molar-refractivity contribution in [3.05, 3.63) is 35.4 Å². The van der Waals surface area contributed by atoms with Crippen molar-refractivity contribution < 1.29 is 17.9 Å². The lowest BCUT2D eigenvalue weighted by Crippen LogP contribution is -2.21. The van der Waals surface area contributed by atoms with Crippen LogP contribution in [0.15, 0.2) is 24.3 Å². The molecule has 1 unspecified atom stereocenters. The zero-order valence-corrected chi connectivity index (χ0v) is 11.3. The van der Waals surface area contributed by atoms with Crippen LogP contribution in [0.4, 0.5) is 13.2 Å². The summed E-state index contributed by atoms with van der Waals surface area (Å²) in [6.07, 6.45) is -3.38. The number of nitrogens with one attached hydrogen (secondary N) is 1. The van der Waals surface area contributed by atoms with Crippen LogP contribution >= 0.6 is 0 Å². The van der Waals surface area contributed by atoms with E-state index < -0.39 is 11.7 Å². The van der Waals surface area contributed by atoms with Crippen LogP contribution in [0.5, 0.6) is 0 Å². The van der Waals surface area contributed by atoms with Crippen molar-refractivity contribution in [2.24, 2.45) is 0 Å². The van der Waals surface area contributed by atoms with Crippen molar-refractivity contribution in [2.45, 2.75) is 32.5 Å². The smallest absolute Gasteiger partial charge is 0.382 e. The van der Waals surface area contributed by atoms with Crippen LogP contribution in [-0.2, 0) is 10.9 Å². The quantitative estimate of drug-likeness (QED) is 0.765. The standard InChI is InChI=1S/C14H20F3NO/c1-3-19-10-4-9-18-11(2)12-5-7-13(8-6-12)14(15,16)17/h5-8,11,18H,3-4,9-10H2,1-2H3. The number of ether oxygens (including phenoxy) is 1. The molecule has 108 valence electrons. The molecule has 1 N–H and O–H groups in total. The molecule has 0 fully saturated rings. The number of alkyl halides is 3. The zero-order valence-electron chi connectivity index (χ0n) is 11.3. The first-order valence-electron chi connectivity index (χ1n) is 6.43. The lowest BCUT2D eigenvalue weighted by molar-refractivity contribution is -0.137. The first-order chi connectivity index (χ1) is 8.95. The number of benzene rings is 1. The predicted molar refractivity (Wildman–Crippen MR) is 69.0 cm³/mol. The molecule has 1 rings (SSSR count). The Kier molecular flexibility index (Phi) is 6.31. The molecular formula is C14H20F3NO. The molecule has 1 aromatic rings. The Morgan fingerprint density at radius 3 is 2.37 bits per heavy atom. The van der Waals surface area contributed by atoms with Gasteiger partial charge in [0.1, 0.15) is 0 Å². The minimum Gasteiger partial charge on any atom is -0.382 e. The number of hydrogen-bond donors (Lipinski definition) is 1. The van der Waals surface area contributed by atoms with Gasteiger partial charge in [0.2, 0.25) is 0 Å². The van der Waals surface area contributed by atoms with E-state index in [9.17, 15) is 13.2 Å². The summed E-state index contributed by atoms with van der Waals surface area (Å²) in [5.74, 6) is 0. The van der Waals surface area contributed by atoms with Gasteiger partial charge in [-0.1, -0.05) is 12.1 Å². The molecule has 0 saturated heterocycles. The van der Waals surface area contributed by atoms with Crippen molar-refractivity contribution in [1.29, 1.82) is 0 Å². The highest BCUT2D eigenvalue weighted by molar-refractivity contribution is 5.26. The largest absolute Gasteiger partial charge is 0.416 e. The Labute approximate surface area is 112 Å². The Balaban J connectivity index is 2.42. The van der Waals surface area contributed by atoms with Crippen LogP contribution in [0, 0.1) is 0 Å². The van der Waals surface area contributed by atoms with E-state index in [-0.39, 0.29) is 6.04 Å². The van der Waals surface area contributed by atoms with Crippen molar-refractivity contribution in [1.82, 2.24) is 5.32 Å². The van der Waals surface area contributed by atoms with E-state index in [1.165, 1.54) is 12.1 Å². The van der Waals surface area contributed by atoms with Gasteiger partial charge in [0, 0.05) is 19.3 Å². The maximum Gasteiger partial charge on any atom is 0.416 e. The van der Waals surface area contributed by atoms with Crippen LogP contribution < -0.4 is 5.32 Å². The normalized spacial score (nSPS) is 13.5. The van der Waals surface area contributed by atoms with E-state index in [1.807, 2.05) is 13.8 Å². The molecule has 0 amide bonds. The molecule has 0 saturated carbocycles. The van der Waals surface area contributed by atoms with E-state index in [1.54, 1.807) is 0 Å². The summed E-state index contributed by atoms with van der Waals surface area (Å²) in [6, 6.07) is 5.30. The van der Waals surface area contributed by atoms with Crippen molar-refractivity contribution >= 4 is 0 Å². The fourth-order valence-corrected chi connectivity index (χ4v) is 1.72. The van der Waals surface area contributed by atoms with Crippen LogP contribution in [0.2, 0.25) is 0 Å². The maximum absolute atomic E-state index is 12.4. The van der Waals surface area contributed by atoms with Gasteiger partial charge in [0.05, 0.1) is 5.56 Å². The summed E-state index contributed by atoms with van der Waals surface area (Å²) in [6.45, 7) is 6.06. The fourth-order valence-electron chi connectivity index (χ4n) is 1.72. The summed E-state index contributed by atoms with van der Waals surface area (Å²) < 4.78 is 42.4. The minimum atomic E-state index is -4.27. The van der Waals surface area contributed by atoms with Crippen LogP contribution in [0.25, 0.3) is 0 Å². The second-order valence-corrected chi connectivity index (χ2v) is 4.35. The van der Waals surface area contributed by atoms with E-state index in [4.69, 9.17) is 4.74 Å². The molecule has 1 aromatic carbocycles. The molecule has 0 aliphatic carbocycles. The molecule has 0 aliphatic rings. The molecule has 0 heterocycles. The van der Waals surface area contributed by atoms with Gasteiger partial charge in [-0.2, -0.15) is 13.2 Å². The molecule has 2 nitrogen and oxygen atoms in total. The molecule has 0 aliphatic heterocycles. The van der Waals surface area contributed by atoms with Crippen LogP contribution in [-0.4, -0.2) is 19.8 Å². The van der Waals surface area contributed by atoms with Gasteiger partial charge < -0.3 is 10.1 Å². The fraction of sp³-hybridized carbons (Fsp3) is 0.571. The van der Waals surface area contributed by atoms with Crippen molar-refractivity contribution in [3.63, 3.8) is 0 Å². The Bertz CT molecular complexity index is 362. The molecule has 5 heteroatoms. The third-order valence-corrected chi connectivity index (χ3v) is 2.86. The van der Waals surface area contributed by atoms with Gasteiger partial charge in [0.15, 0.2) is 0 Å². The zero-order chi connectivity index (χ0) is 14.3. The summed E-state index contributed by atoms with van der Waals surface area (Å²) in [5, 5.41) is 3.25. The number of halogens is 3. The monoisotopic (exact) mass is 275 g/mol. The summed E-state index contributed by atoms with van der Waals surface area (Å²) >= 11 is 0. The topological polar surface area (TPSA) is 21.3 Å². The van der Waals surface area contributed by atoms with Gasteiger partial charge in [-0.3, -0.25) is 0 Å². The summed E-state index contributed by atoms with van der Waals surface area (Å²) in [7, 11) is 0. The van der Waals surface area contributed by atoms with E-state index in [0.29, 0.717) is 13.2 Å². The summed E-state index contributed by atoms with van der Waals surface area (Å²) in [5.41, 5.74) is 0.240. The third kappa shape index (κ3) is 5.61. The number of hydrogen-bond acceptors (Lipinski definition) is 2. The van der Waals surface area contributed by atoms with E-state index in [0.717, 1.165) is 30.7 Å². The first-order valence-corrected chi connectivity index (χ1v) is 6.43. The Hall–Kier alpha value is -1.07. The maximum atomic E-state index is 12.4. The lowest BCUT2D eigenvalue weighted by Gasteiger charge is -2.15. The third-order valence-electron chi connectivity index (χ3n) is 2.86. The number of rotatable bonds is 7. The minimum absolute atomic E-state index is 0.0314. The second-order valence-electron chi connectivity index (χ2n) is 4.35. The molecule has 0 spiro atoms. The molecule has 0 radical (unpaired) electrons. The Morgan fingerprint density at radius 1 is 1.21 bits per heavy atom. The van der Waals surface area contributed by atoms with Gasteiger partial charge in [-0.05, 0) is 44.5 Å². The predicted octanol–water partition coefficient (Wildman–Crippen LogP) is 3.78. The Morgan fingerprint density at radius 2 is 1.84 bits per heavy atom.